The van der Waals surface area contributed by atoms with Crippen LogP contribution in [0.5, 0.6) is 0 Å². The van der Waals surface area contributed by atoms with E-state index in [9.17, 15) is 9.59 Å². The van der Waals surface area contributed by atoms with Crippen molar-refractivity contribution in [1.29, 1.82) is 0 Å². The molecule has 2 aliphatic rings. The second-order valence-corrected chi connectivity index (χ2v) is 8.47. The SMILES string of the molecule is CC(C)CC(=O)N1CCC(c2nnc3n2CCN(C(=O)c2ccccc2)C3)CC1. The monoisotopic (exact) mass is 395 g/mol. The molecule has 0 bridgehead atoms. The summed E-state index contributed by atoms with van der Waals surface area (Å²) in [6.45, 7) is 7.62. The first-order valence-electron chi connectivity index (χ1n) is 10.6. The molecular formula is C22H29N5O2. The van der Waals surface area contributed by atoms with Gasteiger partial charge in [0.1, 0.15) is 5.82 Å². The minimum absolute atomic E-state index is 0.0402. The molecule has 7 heteroatoms. The van der Waals surface area contributed by atoms with Gasteiger partial charge in [-0.1, -0.05) is 32.0 Å². The largest absolute Gasteiger partial charge is 0.343 e. The van der Waals surface area contributed by atoms with E-state index in [0.717, 1.165) is 44.1 Å². The number of hydrogen-bond acceptors (Lipinski definition) is 4. The van der Waals surface area contributed by atoms with E-state index in [1.807, 2.05) is 40.1 Å². The van der Waals surface area contributed by atoms with Gasteiger partial charge in [0.15, 0.2) is 5.82 Å². The molecule has 0 saturated carbocycles. The lowest BCUT2D eigenvalue weighted by molar-refractivity contribution is -0.133. The molecular weight excluding hydrogens is 366 g/mol. The molecule has 1 fully saturated rings. The fourth-order valence-corrected chi connectivity index (χ4v) is 4.28. The van der Waals surface area contributed by atoms with Crippen molar-refractivity contribution in [3.8, 4) is 0 Å². The number of hydrogen-bond donors (Lipinski definition) is 0. The smallest absolute Gasteiger partial charge is 0.254 e. The molecule has 2 aliphatic heterocycles. The predicted octanol–water partition coefficient (Wildman–Crippen LogP) is 2.69. The molecule has 0 aliphatic carbocycles. The molecule has 0 N–H and O–H groups in total. The van der Waals surface area contributed by atoms with Crippen LogP contribution in [0.3, 0.4) is 0 Å². The molecule has 7 nitrogen and oxygen atoms in total. The Morgan fingerprint density at radius 2 is 1.72 bits per heavy atom. The second kappa shape index (κ2) is 8.35. The van der Waals surface area contributed by atoms with Crippen LogP contribution >= 0.6 is 0 Å². The summed E-state index contributed by atoms with van der Waals surface area (Å²) in [6, 6.07) is 9.38. The Hall–Kier alpha value is -2.70. The second-order valence-electron chi connectivity index (χ2n) is 8.47. The number of piperidine rings is 1. The molecule has 0 atom stereocenters. The number of benzene rings is 1. The lowest BCUT2D eigenvalue weighted by Crippen LogP contribution is -2.40. The third-order valence-corrected chi connectivity index (χ3v) is 5.89. The zero-order chi connectivity index (χ0) is 20.4. The van der Waals surface area contributed by atoms with Crippen LogP contribution in [0.15, 0.2) is 30.3 Å². The van der Waals surface area contributed by atoms with Crippen molar-refractivity contribution in [2.24, 2.45) is 5.92 Å². The zero-order valence-electron chi connectivity index (χ0n) is 17.3. The molecule has 29 heavy (non-hydrogen) atoms. The third-order valence-electron chi connectivity index (χ3n) is 5.89. The standard InChI is InChI=1S/C22H29N5O2/c1-16(2)14-20(28)25-10-8-17(9-11-25)21-24-23-19-15-26(12-13-27(19)21)22(29)18-6-4-3-5-7-18/h3-7,16-17H,8-15H2,1-2H3. The summed E-state index contributed by atoms with van der Waals surface area (Å²) in [4.78, 5) is 28.9. The average Bonchev–Trinajstić information content (AvgIpc) is 3.16. The van der Waals surface area contributed by atoms with E-state index in [1.165, 1.54) is 0 Å². The molecule has 0 spiro atoms. The number of fused-ring (bicyclic) bond motifs is 1. The van der Waals surface area contributed by atoms with Crippen molar-refractivity contribution < 1.29 is 9.59 Å². The topological polar surface area (TPSA) is 71.3 Å². The molecule has 1 aromatic heterocycles. The Balaban J connectivity index is 1.39. The van der Waals surface area contributed by atoms with Crippen LogP contribution in [0.1, 0.15) is 61.0 Å². The highest BCUT2D eigenvalue weighted by Crippen LogP contribution is 2.29. The Kier molecular flexibility index (Phi) is 5.65. The fourth-order valence-electron chi connectivity index (χ4n) is 4.28. The number of amides is 2. The maximum atomic E-state index is 12.7. The normalized spacial score (nSPS) is 17.5. The highest BCUT2D eigenvalue weighted by Gasteiger charge is 2.31. The maximum absolute atomic E-state index is 12.7. The van der Waals surface area contributed by atoms with Crippen molar-refractivity contribution in [2.75, 3.05) is 19.6 Å². The number of likely N-dealkylation sites (tertiary alicyclic amines) is 1. The maximum Gasteiger partial charge on any atom is 0.254 e. The Morgan fingerprint density at radius 3 is 2.41 bits per heavy atom. The van der Waals surface area contributed by atoms with Gasteiger partial charge in [-0.25, -0.2) is 0 Å². The minimum atomic E-state index is 0.0402. The van der Waals surface area contributed by atoms with Crippen LogP contribution in [0.4, 0.5) is 0 Å². The first-order valence-corrected chi connectivity index (χ1v) is 10.6. The number of aromatic nitrogens is 3. The van der Waals surface area contributed by atoms with Gasteiger partial charge in [-0.2, -0.15) is 0 Å². The number of carbonyl (C=O) groups excluding carboxylic acids is 2. The van der Waals surface area contributed by atoms with Crippen molar-refractivity contribution in [1.82, 2.24) is 24.6 Å². The van der Waals surface area contributed by atoms with Gasteiger partial charge in [0.25, 0.3) is 5.91 Å². The highest BCUT2D eigenvalue weighted by molar-refractivity contribution is 5.94. The quantitative estimate of drug-likeness (QED) is 0.798. The first-order chi connectivity index (χ1) is 14.0. The number of rotatable bonds is 4. The lowest BCUT2D eigenvalue weighted by atomic mass is 9.95. The molecule has 1 saturated heterocycles. The average molecular weight is 396 g/mol. The van der Waals surface area contributed by atoms with Gasteiger partial charge in [0, 0.05) is 44.1 Å². The molecule has 0 unspecified atom stereocenters. The fraction of sp³-hybridized carbons (Fsp3) is 0.545. The van der Waals surface area contributed by atoms with E-state index in [-0.39, 0.29) is 11.8 Å². The highest BCUT2D eigenvalue weighted by atomic mass is 16.2. The Bertz CT molecular complexity index is 869. The zero-order valence-corrected chi connectivity index (χ0v) is 17.3. The van der Waals surface area contributed by atoms with Crippen LogP contribution in [0.25, 0.3) is 0 Å². The molecule has 0 radical (unpaired) electrons. The number of carbonyl (C=O) groups is 2. The molecule has 1 aromatic carbocycles. The third kappa shape index (κ3) is 4.18. The van der Waals surface area contributed by atoms with Gasteiger partial charge in [0.2, 0.25) is 5.91 Å². The summed E-state index contributed by atoms with van der Waals surface area (Å²) in [6.07, 6.45) is 2.47. The lowest BCUT2D eigenvalue weighted by Gasteiger charge is -2.33. The van der Waals surface area contributed by atoms with Gasteiger partial charge in [-0.05, 0) is 30.9 Å². The van der Waals surface area contributed by atoms with Crippen LogP contribution in [0, 0.1) is 5.92 Å². The van der Waals surface area contributed by atoms with Crippen LogP contribution in [-0.4, -0.2) is 56.0 Å². The minimum Gasteiger partial charge on any atom is -0.343 e. The van der Waals surface area contributed by atoms with Gasteiger partial charge in [-0.15, -0.1) is 10.2 Å². The van der Waals surface area contributed by atoms with E-state index < -0.39 is 0 Å². The van der Waals surface area contributed by atoms with Crippen LogP contribution in [-0.2, 0) is 17.9 Å². The molecule has 3 heterocycles. The van der Waals surface area contributed by atoms with Crippen molar-refractivity contribution in [2.45, 2.75) is 52.1 Å². The molecule has 2 aromatic rings. The molecule has 154 valence electrons. The summed E-state index contributed by atoms with van der Waals surface area (Å²) >= 11 is 0. The van der Waals surface area contributed by atoms with Gasteiger partial charge < -0.3 is 14.4 Å². The Morgan fingerprint density at radius 1 is 1.00 bits per heavy atom. The molecule has 4 rings (SSSR count). The van der Waals surface area contributed by atoms with Crippen LogP contribution < -0.4 is 0 Å². The summed E-state index contributed by atoms with van der Waals surface area (Å²) in [5.74, 6) is 2.90. The van der Waals surface area contributed by atoms with E-state index >= 15 is 0 Å². The van der Waals surface area contributed by atoms with Gasteiger partial charge in [-0.3, -0.25) is 9.59 Å². The van der Waals surface area contributed by atoms with E-state index in [0.29, 0.717) is 36.9 Å². The summed E-state index contributed by atoms with van der Waals surface area (Å²) in [5.41, 5.74) is 0.708. The van der Waals surface area contributed by atoms with E-state index in [1.54, 1.807) is 0 Å². The van der Waals surface area contributed by atoms with Crippen molar-refractivity contribution in [3.63, 3.8) is 0 Å². The van der Waals surface area contributed by atoms with Crippen LogP contribution in [0.2, 0.25) is 0 Å². The predicted molar refractivity (Wildman–Crippen MR) is 109 cm³/mol. The van der Waals surface area contributed by atoms with Crippen molar-refractivity contribution in [3.05, 3.63) is 47.5 Å². The first kappa shape index (κ1) is 19.6. The summed E-state index contributed by atoms with van der Waals surface area (Å²) in [5, 5.41) is 8.87. The van der Waals surface area contributed by atoms with Gasteiger partial charge >= 0.3 is 0 Å². The van der Waals surface area contributed by atoms with E-state index in [2.05, 4.69) is 28.6 Å². The van der Waals surface area contributed by atoms with Crippen molar-refractivity contribution >= 4 is 11.8 Å². The summed E-state index contributed by atoms with van der Waals surface area (Å²) in [7, 11) is 0. The Labute approximate surface area is 171 Å². The summed E-state index contributed by atoms with van der Waals surface area (Å²) < 4.78 is 2.19. The molecule has 2 amide bonds. The van der Waals surface area contributed by atoms with E-state index in [4.69, 9.17) is 0 Å². The number of nitrogens with zero attached hydrogens (tertiary/aromatic N) is 5. The van der Waals surface area contributed by atoms with Gasteiger partial charge in [0.05, 0.1) is 6.54 Å².